The van der Waals surface area contributed by atoms with Gasteiger partial charge in [-0.05, 0) is 49.2 Å². The molecule has 1 atom stereocenters. The number of hydrogen-bond donors (Lipinski definition) is 1. The maximum atomic E-state index is 13.4. The monoisotopic (exact) mass is 427 g/mol. The van der Waals surface area contributed by atoms with Gasteiger partial charge in [0, 0.05) is 18.7 Å². The van der Waals surface area contributed by atoms with Gasteiger partial charge in [-0.25, -0.2) is 13.3 Å². The summed E-state index contributed by atoms with van der Waals surface area (Å²) < 4.78 is 28.0. The van der Waals surface area contributed by atoms with Crippen LogP contribution in [0.3, 0.4) is 0 Å². The summed E-state index contributed by atoms with van der Waals surface area (Å²) in [5, 5.41) is 2.59. The number of imide groups is 1. The molecule has 3 amide bonds. The first-order chi connectivity index (χ1) is 14.3. The molecule has 1 unspecified atom stereocenters. The van der Waals surface area contributed by atoms with Crippen molar-refractivity contribution in [2.24, 2.45) is 0 Å². The summed E-state index contributed by atoms with van der Waals surface area (Å²) in [5.41, 5.74) is 0.907. The maximum absolute atomic E-state index is 13.4. The zero-order valence-electron chi connectivity index (χ0n) is 16.3. The Hall–Kier alpha value is -3.04. The molecule has 2 aromatic carbocycles. The topological polar surface area (TPSA) is 104 Å². The number of carbonyl (C=O) groups excluding carboxylic acids is 3. The lowest BCUT2D eigenvalue weighted by Crippen LogP contribution is -2.46. The Kier molecular flexibility index (Phi) is 5.17. The molecule has 8 nitrogen and oxygen atoms in total. The molecular weight excluding hydrogens is 406 g/mol. The van der Waals surface area contributed by atoms with Crippen LogP contribution in [0.5, 0.6) is 0 Å². The number of benzene rings is 2. The van der Waals surface area contributed by atoms with Gasteiger partial charge >= 0.3 is 0 Å². The Bertz CT molecular complexity index is 1100. The standard InChI is InChI=1S/C21H21N3O5S/c1-14(25)22-15-7-11-18(12-8-15)30(28,29)24(17-9-10-17)19-13-20(26)23(21(19)27)16-5-3-2-4-6-16/h2-8,11-12,17,19H,9-10,13H2,1H3,(H,22,25). The van der Waals surface area contributed by atoms with Crippen LogP contribution in [0.4, 0.5) is 11.4 Å². The van der Waals surface area contributed by atoms with Crippen molar-refractivity contribution >= 4 is 39.1 Å². The fraction of sp³-hybridized carbons (Fsp3) is 0.286. The second kappa shape index (κ2) is 7.66. The van der Waals surface area contributed by atoms with E-state index in [0.717, 1.165) is 4.90 Å². The molecule has 1 saturated carbocycles. The molecule has 156 valence electrons. The van der Waals surface area contributed by atoms with Gasteiger partial charge in [-0.2, -0.15) is 4.31 Å². The number of hydrogen-bond acceptors (Lipinski definition) is 5. The van der Waals surface area contributed by atoms with Gasteiger partial charge in [-0.3, -0.25) is 14.4 Å². The maximum Gasteiger partial charge on any atom is 0.252 e. The van der Waals surface area contributed by atoms with Gasteiger partial charge < -0.3 is 5.32 Å². The number of amides is 3. The average Bonchev–Trinajstić information content (AvgIpc) is 3.48. The molecule has 4 rings (SSSR count). The minimum Gasteiger partial charge on any atom is -0.326 e. The molecule has 2 aliphatic rings. The molecule has 9 heteroatoms. The van der Waals surface area contributed by atoms with Gasteiger partial charge in [0.1, 0.15) is 6.04 Å². The third-order valence-electron chi connectivity index (χ3n) is 5.10. The highest BCUT2D eigenvalue weighted by molar-refractivity contribution is 7.89. The molecular formula is C21H21N3O5S. The summed E-state index contributed by atoms with van der Waals surface area (Å²) in [6.45, 7) is 1.36. The first-order valence-electron chi connectivity index (χ1n) is 9.62. The molecule has 0 spiro atoms. The van der Waals surface area contributed by atoms with Gasteiger partial charge in [0.25, 0.3) is 5.91 Å². The van der Waals surface area contributed by atoms with E-state index in [1.54, 1.807) is 30.3 Å². The number of nitrogens with zero attached hydrogens (tertiary/aromatic N) is 2. The minimum absolute atomic E-state index is 0.0157. The highest BCUT2D eigenvalue weighted by Crippen LogP contribution is 2.38. The van der Waals surface area contributed by atoms with Crippen molar-refractivity contribution in [2.45, 2.75) is 43.2 Å². The van der Waals surface area contributed by atoms with Gasteiger partial charge in [-0.15, -0.1) is 0 Å². The van der Waals surface area contributed by atoms with Crippen LogP contribution in [0.2, 0.25) is 0 Å². The van der Waals surface area contributed by atoms with Crippen molar-refractivity contribution in [1.29, 1.82) is 0 Å². The van der Waals surface area contributed by atoms with Crippen molar-refractivity contribution in [1.82, 2.24) is 4.31 Å². The zero-order chi connectivity index (χ0) is 21.5. The molecule has 1 heterocycles. The van der Waals surface area contributed by atoms with Crippen molar-refractivity contribution in [2.75, 3.05) is 10.2 Å². The van der Waals surface area contributed by atoms with Crippen LogP contribution in [0.25, 0.3) is 0 Å². The van der Waals surface area contributed by atoms with Crippen molar-refractivity contribution in [3.8, 4) is 0 Å². The zero-order valence-corrected chi connectivity index (χ0v) is 17.1. The van der Waals surface area contributed by atoms with Gasteiger partial charge in [-0.1, -0.05) is 18.2 Å². The molecule has 2 aromatic rings. The Morgan fingerprint density at radius 3 is 2.23 bits per heavy atom. The van der Waals surface area contributed by atoms with E-state index in [2.05, 4.69) is 5.32 Å². The Morgan fingerprint density at radius 1 is 1.03 bits per heavy atom. The van der Waals surface area contributed by atoms with E-state index in [9.17, 15) is 22.8 Å². The fourth-order valence-corrected chi connectivity index (χ4v) is 5.47. The number of carbonyl (C=O) groups is 3. The third-order valence-corrected chi connectivity index (χ3v) is 7.08. The Morgan fingerprint density at radius 2 is 1.67 bits per heavy atom. The van der Waals surface area contributed by atoms with Crippen LogP contribution in [0, 0.1) is 0 Å². The minimum atomic E-state index is -4.01. The largest absolute Gasteiger partial charge is 0.326 e. The van der Waals surface area contributed by atoms with E-state index in [1.807, 2.05) is 0 Å². The predicted octanol–water partition coefficient (Wildman–Crippen LogP) is 2.13. The lowest BCUT2D eigenvalue weighted by molar-refractivity contribution is -0.122. The molecule has 1 aliphatic heterocycles. The average molecular weight is 427 g/mol. The van der Waals surface area contributed by atoms with Crippen LogP contribution < -0.4 is 10.2 Å². The number of nitrogens with one attached hydrogen (secondary N) is 1. The molecule has 2 fully saturated rings. The summed E-state index contributed by atoms with van der Waals surface area (Å²) in [5.74, 6) is -1.21. The molecule has 0 bridgehead atoms. The van der Waals surface area contributed by atoms with E-state index >= 15 is 0 Å². The van der Waals surface area contributed by atoms with Crippen molar-refractivity contribution in [3.05, 3.63) is 54.6 Å². The fourth-order valence-electron chi connectivity index (χ4n) is 3.65. The molecule has 0 aromatic heterocycles. The number of rotatable bonds is 6. The van der Waals surface area contributed by atoms with E-state index in [1.165, 1.54) is 35.5 Å². The molecule has 1 saturated heterocycles. The summed E-state index contributed by atoms with van der Waals surface area (Å²) in [4.78, 5) is 38.0. The van der Waals surface area contributed by atoms with E-state index in [4.69, 9.17) is 0 Å². The van der Waals surface area contributed by atoms with E-state index < -0.39 is 27.9 Å². The van der Waals surface area contributed by atoms with E-state index in [-0.39, 0.29) is 23.3 Å². The van der Waals surface area contributed by atoms with Gasteiger partial charge in [0.2, 0.25) is 21.8 Å². The normalized spacial score (nSPS) is 19.4. The summed E-state index contributed by atoms with van der Waals surface area (Å²) in [7, 11) is -4.01. The molecule has 1 N–H and O–H groups in total. The van der Waals surface area contributed by atoms with Crippen LogP contribution in [0.1, 0.15) is 26.2 Å². The van der Waals surface area contributed by atoms with E-state index in [0.29, 0.717) is 24.2 Å². The number of anilines is 2. The lowest BCUT2D eigenvalue weighted by atomic mass is 10.2. The first-order valence-corrected chi connectivity index (χ1v) is 11.1. The Balaban J connectivity index is 1.65. The first kappa shape index (κ1) is 20.2. The highest BCUT2D eigenvalue weighted by Gasteiger charge is 2.51. The highest BCUT2D eigenvalue weighted by atomic mass is 32.2. The molecule has 30 heavy (non-hydrogen) atoms. The number of sulfonamides is 1. The van der Waals surface area contributed by atoms with Crippen molar-refractivity contribution < 1.29 is 22.8 Å². The second-order valence-corrected chi connectivity index (χ2v) is 9.24. The second-order valence-electron chi connectivity index (χ2n) is 7.39. The van der Waals surface area contributed by atoms with Crippen LogP contribution in [-0.4, -0.2) is 42.5 Å². The van der Waals surface area contributed by atoms with Gasteiger partial charge in [0.15, 0.2) is 0 Å². The third kappa shape index (κ3) is 3.73. The number of para-hydroxylation sites is 1. The predicted molar refractivity (Wildman–Crippen MR) is 110 cm³/mol. The van der Waals surface area contributed by atoms with Gasteiger partial charge in [0.05, 0.1) is 17.0 Å². The summed E-state index contributed by atoms with van der Waals surface area (Å²) in [6, 6.07) is 12.9. The summed E-state index contributed by atoms with van der Waals surface area (Å²) in [6.07, 6.45) is 1.10. The quantitative estimate of drug-likeness (QED) is 0.712. The molecule has 1 aliphatic carbocycles. The SMILES string of the molecule is CC(=O)Nc1ccc(S(=O)(=O)N(C2CC2)C2CC(=O)N(c3ccccc3)C2=O)cc1. The lowest BCUT2D eigenvalue weighted by Gasteiger charge is -2.26. The smallest absolute Gasteiger partial charge is 0.252 e. The van der Waals surface area contributed by atoms with Crippen LogP contribution in [-0.2, 0) is 24.4 Å². The van der Waals surface area contributed by atoms with Crippen LogP contribution >= 0.6 is 0 Å². The molecule has 0 radical (unpaired) electrons. The Labute approximate surface area is 174 Å². The summed E-state index contributed by atoms with van der Waals surface area (Å²) >= 11 is 0. The van der Waals surface area contributed by atoms with Crippen LogP contribution in [0.15, 0.2) is 59.5 Å². The van der Waals surface area contributed by atoms with Crippen molar-refractivity contribution in [3.63, 3.8) is 0 Å².